The summed E-state index contributed by atoms with van der Waals surface area (Å²) in [5.74, 6) is 0. The molecule has 0 unspecified atom stereocenters. The second kappa shape index (κ2) is 4.63. The molecule has 0 amide bonds. The standard InChI is InChI=1S/C11H16ClFS/c1-4-5-6-11(2,3)8-7-9(12)14-10(8)13/h7H,4-6H2,1-3H3. The van der Waals surface area contributed by atoms with E-state index in [9.17, 15) is 4.39 Å². The molecule has 80 valence electrons. The average Bonchev–Trinajstić information content (AvgIpc) is 2.42. The molecule has 3 heteroatoms. The largest absolute Gasteiger partial charge is 0.195 e. The number of thiophene rings is 1. The molecule has 0 N–H and O–H groups in total. The van der Waals surface area contributed by atoms with Crippen LogP contribution in [0, 0.1) is 5.13 Å². The van der Waals surface area contributed by atoms with Gasteiger partial charge in [-0.3, -0.25) is 0 Å². The summed E-state index contributed by atoms with van der Waals surface area (Å²) in [4.78, 5) is 0. The van der Waals surface area contributed by atoms with Crippen LogP contribution in [0.4, 0.5) is 4.39 Å². The van der Waals surface area contributed by atoms with Crippen LogP contribution < -0.4 is 0 Å². The highest BCUT2D eigenvalue weighted by Gasteiger charge is 2.25. The van der Waals surface area contributed by atoms with E-state index in [1.807, 2.05) is 0 Å². The maximum atomic E-state index is 13.5. The van der Waals surface area contributed by atoms with Gasteiger partial charge in [0.15, 0.2) is 5.13 Å². The predicted octanol–water partition coefficient (Wildman–Crippen LogP) is 5.01. The fourth-order valence-electron chi connectivity index (χ4n) is 1.56. The van der Waals surface area contributed by atoms with Gasteiger partial charge in [-0.2, -0.15) is 4.39 Å². The molecule has 0 aliphatic carbocycles. The molecule has 0 radical (unpaired) electrons. The van der Waals surface area contributed by atoms with Crippen molar-refractivity contribution < 1.29 is 4.39 Å². The van der Waals surface area contributed by atoms with Crippen LogP contribution in [0.1, 0.15) is 45.6 Å². The fourth-order valence-corrected chi connectivity index (χ4v) is 2.66. The van der Waals surface area contributed by atoms with Gasteiger partial charge in [0, 0.05) is 5.56 Å². The number of halogens is 2. The van der Waals surface area contributed by atoms with Crippen LogP contribution in [-0.4, -0.2) is 0 Å². The quantitative estimate of drug-likeness (QED) is 0.687. The summed E-state index contributed by atoms with van der Waals surface area (Å²) < 4.78 is 14.0. The topological polar surface area (TPSA) is 0 Å². The lowest BCUT2D eigenvalue weighted by Gasteiger charge is -2.23. The van der Waals surface area contributed by atoms with Crippen molar-refractivity contribution in [2.75, 3.05) is 0 Å². The highest BCUT2D eigenvalue weighted by atomic mass is 35.5. The van der Waals surface area contributed by atoms with Crippen molar-refractivity contribution in [2.45, 2.75) is 45.4 Å². The van der Waals surface area contributed by atoms with E-state index in [4.69, 9.17) is 11.6 Å². The minimum absolute atomic E-state index is 0.0935. The Bertz CT molecular complexity index is 304. The second-order valence-corrected chi connectivity index (χ2v) is 5.86. The summed E-state index contributed by atoms with van der Waals surface area (Å²) in [6.45, 7) is 6.29. The monoisotopic (exact) mass is 234 g/mol. The van der Waals surface area contributed by atoms with E-state index in [0.717, 1.165) is 36.2 Å². The number of rotatable bonds is 4. The molecule has 0 atom stereocenters. The summed E-state index contributed by atoms with van der Waals surface area (Å²) in [6.07, 6.45) is 3.27. The molecule has 1 aromatic rings. The lowest BCUT2D eigenvalue weighted by Crippen LogP contribution is -2.17. The normalized spacial score (nSPS) is 12.1. The fraction of sp³-hybridized carbons (Fsp3) is 0.636. The van der Waals surface area contributed by atoms with Gasteiger partial charge in [0.05, 0.1) is 4.34 Å². The summed E-state index contributed by atoms with van der Waals surface area (Å²) in [7, 11) is 0. The van der Waals surface area contributed by atoms with Crippen LogP contribution >= 0.6 is 22.9 Å². The SMILES string of the molecule is CCCCC(C)(C)c1cc(Cl)sc1F. The van der Waals surface area contributed by atoms with Crippen molar-refractivity contribution in [3.63, 3.8) is 0 Å². The first-order valence-corrected chi connectivity index (χ1v) is 6.12. The third-order valence-corrected chi connectivity index (χ3v) is 3.59. The molecule has 1 aromatic heterocycles. The van der Waals surface area contributed by atoms with Crippen molar-refractivity contribution >= 4 is 22.9 Å². The summed E-state index contributed by atoms with van der Waals surface area (Å²) in [5.41, 5.74) is 0.671. The molecule has 1 rings (SSSR count). The smallest absolute Gasteiger partial charge is 0.181 e. The highest BCUT2D eigenvalue weighted by Crippen LogP contribution is 2.36. The Balaban J connectivity index is 2.85. The van der Waals surface area contributed by atoms with Crippen LogP contribution in [0.5, 0.6) is 0 Å². The Kier molecular flexibility index (Phi) is 3.96. The molecule has 0 saturated carbocycles. The predicted molar refractivity (Wildman–Crippen MR) is 61.8 cm³/mol. The summed E-state index contributed by atoms with van der Waals surface area (Å²) in [6, 6.07) is 1.76. The Labute approximate surface area is 94.1 Å². The van der Waals surface area contributed by atoms with E-state index < -0.39 is 0 Å². The lowest BCUT2D eigenvalue weighted by atomic mass is 9.81. The zero-order valence-corrected chi connectivity index (χ0v) is 10.4. The van der Waals surface area contributed by atoms with E-state index >= 15 is 0 Å². The van der Waals surface area contributed by atoms with E-state index in [2.05, 4.69) is 20.8 Å². The van der Waals surface area contributed by atoms with Crippen LogP contribution in [0.3, 0.4) is 0 Å². The molecule has 0 bridgehead atoms. The van der Waals surface area contributed by atoms with Crippen molar-refractivity contribution in [3.8, 4) is 0 Å². The maximum absolute atomic E-state index is 13.5. The Morgan fingerprint density at radius 2 is 2.14 bits per heavy atom. The number of hydrogen-bond acceptors (Lipinski definition) is 1. The molecule has 0 spiro atoms. The first kappa shape index (κ1) is 12.0. The van der Waals surface area contributed by atoms with E-state index in [1.165, 1.54) is 0 Å². The van der Waals surface area contributed by atoms with Crippen LogP contribution in [0.2, 0.25) is 4.34 Å². The molecule has 1 heterocycles. The number of hydrogen-bond donors (Lipinski definition) is 0. The summed E-state index contributed by atoms with van der Waals surface area (Å²) >= 11 is 6.81. The minimum atomic E-state index is -0.129. The van der Waals surface area contributed by atoms with Gasteiger partial charge in [-0.15, -0.1) is 0 Å². The van der Waals surface area contributed by atoms with Crippen molar-refractivity contribution in [3.05, 3.63) is 21.1 Å². The third-order valence-electron chi connectivity index (χ3n) is 2.54. The van der Waals surface area contributed by atoms with Crippen LogP contribution in [0.15, 0.2) is 6.07 Å². The van der Waals surface area contributed by atoms with Crippen molar-refractivity contribution in [1.82, 2.24) is 0 Å². The summed E-state index contributed by atoms with van der Waals surface area (Å²) in [5, 5.41) is -0.129. The van der Waals surface area contributed by atoms with Crippen LogP contribution in [0.25, 0.3) is 0 Å². The molecule has 0 fully saturated rings. The van der Waals surface area contributed by atoms with Gasteiger partial charge in [0.25, 0.3) is 0 Å². The molecule has 0 aromatic carbocycles. The Hall–Kier alpha value is -0.0800. The van der Waals surface area contributed by atoms with Gasteiger partial charge in [0.2, 0.25) is 0 Å². The van der Waals surface area contributed by atoms with E-state index in [1.54, 1.807) is 6.07 Å². The Morgan fingerprint density at radius 1 is 1.50 bits per heavy atom. The van der Waals surface area contributed by atoms with E-state index in [0.29, 0.717) is 4.34 Å². The van der Waals surface area contributed by atoms with Gasteiger partial charge in [0.1, 0.15) is 0 Å². The zero-order valence-electron chi connectivity index (χ0n) is 8.86. The minimum Gasteiger partial charge on any atom is -0.195 e. The zero-order chi connectivity index (χ0) is 10.8. The lowest BCUT2D eigenvalue weighted by molar-refractivity contribution is 0.440. The average molecular weight is 235 g/mol. The maximum Gasteiger partial charge on any atom is 0.181 e. The number of unbranched alkanes of at least 4 members (excludes halogenated alkanes) is 1. The molecule has 0 saturated heterocycles. The molecule has 0 nitrogen and oxygen atoms in total. The molecular weight excluding hydrogens is 219 g/mol. The van der Waals surface area contributed by atoms with Gasteiger partial charge in [-0.05, 0) is 17.9 Å². The molecule has 0 aliphatic heterocycles. The van der Waals surface area contributed by atoms with Gasteiger partial charge in [-0.1, -0.05) is 56.6 Å². The first-order valence-electron chi connectivity index (χ1n) is 4.92. The third kappa shape index (κ3) is 2.71. The molecule has 0 aliphatic rings. The molecular formula is C11H16ClFS. The second-order valence-electron chi connectivity index (χ2n) is 4.23. The van der Waals surface area contributed by atoms with Gasteiger partial charge >= 0.3 is 0 Å². The van der Waals surface area contributed by atoms with Crippen molar-refractivity contribution in [2.24, 2.45) is 0 Å². The van der Waals surface area contributed by atoms with E-state index in [-0.39, 0.29) is 10.5 Å². The van der Waals surface area contributed by atoms with Crippen LogP contribution in [-0.2, 0) is 5.41 Å². The van der Waals surface area contributed by atoms with Gasteiger partial charge in [-0.25, -0.2) is 0 Å². The first-order chi connectivity index (χ1) is 6.47. The van der Waals surface area contributed by atoms with Crippen molar-refractivity contribution in [1.29, 1.82) is 0 Å². The molecule has 14 heavy (non-hydrogen) atoms. The highest BCUT2D eigenvalue weighted by molar-refractivity contribution is 7.14. The Morgan fingerprint density at radius 3 is 2.57 bits per heavy atom. The van der Waals surface area contributed by atoms with Gasteiger partial charge < -0.3 is 0 Å².